The van der Waals surface area contributed by atoms with E-state index < -0.39 is 4.92 Å². The van der Waals surface area contributed by atoms with Crippen LogP contribution in [0, 0.1) is 22.9 Å². The monoisotopic (exact) mass is 371 g/mol. The third-order valence-electron chi connectivity index (χ3n) is 5.13. The SMILES string of the molecule is Cc1cc([N+](=O)[O-])ccc1C(=O)N1CCN([C@H](C)c2cccc(F)c2)CC1. The molecular formula is C20H22FN3O3. The summed E-state index contributed by atoms with van der Waals surface area (Å²) < 4.78 is 13.5. The van der Waals surface area contributed by atoms with Crippen LogP contribution >= 0.6 is 0 Å². The van der Waals surface area contributed by atoms with E-state index in [0.29, 0.717) is 37.3 Å². The predicted octanol–water partition coefficient (Wildman–Crippen LogP) is 3.56. The molecule has 2 aromatic rings. The van der Waals surface area contributed by atoms with Gasteiger partial charge in [-0.05, 0) is 43.2 Å². The number of nitro groups is 1. The maximum absolute atomic E-state index is 13.5. The Hall–Kier alpha value is -2.80. The van der Waals surface area contributed by atoms with Gasteiger partial charge in [0.05, 0.1) is 4.92 Å². The number of piperazine rings is 1. The van der Waals surface area contributed by atoms with Crippen molar-refractivity contribution < 1.29 is 14.1 Å². The Balaban J connectivity index is 1.65. The number of hydrogen-bond acceptors (Lipinski definition) is 4. The molecule has 0 radical (unpaired) electrons. The van der Waals surface area contributed by atoms with Crippen molar-refractivity contribution in [1.29, 1.82) is 0 Å². The van der Waals surface area contributed by atoms with Crippen LogP contribution in [-0.2, 0) is 0 Å². The van der Waals surface area contributed by atoms with Gasteiger partial charge in [-0.15, -0.1) is 0 Å². The molecule has 1 aliphatic rings. The first-order chi connectivity index (χ1) is 12.9. The Morgan fingerprint density at radius 3 is 2.44 bits per heavy atom. The number of rotatable bonds is 4. The van der Waals surface area contributed by atoms with Gasteiger partial charge in [0.2, 0.25) is 0 Å². The Morgan fingerprint density at radius 2 is 1.85 bits per heavy atom. The van der Waals surface area contributed by atoms with Crippen molar-refractivity contribution in [2.45, 2.75) is 19.9 Å². The van der Waals surface area contributed by atoms with Crippen LogP contribution in [-0.4, -0.2) is 46.8 Å². The summed E-state index contributed by atoms with van der Waals surface area (Å²) in [7, 11) is 0. The molecule has 0 aliphatic carbocycles. The van der Waals surface area contributed by atoms with Crippen LogP contribution in [0.1, 0.15) is 34.5 Å². The van der Waals surface area contributed by atoms with E-state index in [1.807, 2.05) is 13.0 Å². The highest BCUT2D eigenvalue weighted by Crippen LogP contribution is 2.24. The van der Waals surface area contributed by atoms with Crippen LogP contribution in [0.4, 0.5) is 10.1 Å². The van der Waals surface area contributed by atoms with E-state index in [2.05, 4.69) is 4.90 Å². The highest BCUT2D eigenvalue weighted by molar-refractivity contribution is 5.96. The van der Waals surface area contributed by atoms with Crippen LogP contribution in [0.5, 0.6) is 0 Å². The number of nitro benzene ring substituents is 1. The minimum Gasteiger partial charge on any atom is -0.336 e. The van der Waals surface area contributed by atoms with Gasteiger partial charge < -0.3 is 4.90 Å². The molecule has 1 amide bonds. The van der Waals surface area contributed by atoms with Crippen molar-refractivity contribution in [3.05, 3.63) is 75.1 Å². The van der Waals surface area contributed by atoms with Crippen LogP contribution < -0.4 is 0 Å². The molecule has 1 saturated heterocycles. The lowest BCUT2D eigenvalue weighted by atomic mass is 10.0. The fourth-order valence-electron chi connectivity index (χ4n) is 3.46. The third-order valence-corrected chi connectivity index (χ3v) is 5.13. The molecule has 6 nitrogen and oxygen atoms in total. The van der Waals surface area contributed by atoms with Gasteiger partial charge in [0.15, 0.2) is 0 Å². The van der Waals surface area contributed by atoms with E-state index in [9.17, 15) is 19.3 Å². The highest BCUT2D eigenvalue weighted by Gasteiger charge is 2.26. The summed E-state index contributed by atoms with van der Waals surface area (Å²) in [6.07, 6.45) is 0. The number of halogens is 1. The highest BCUT2D eigenvalue weighted by atomic mass is 19.1. The predicted molar refractivity (Wildman–Crippen MR) is 100 cm³/mol. The number of non-ortho nitro benzene ring substituents is 1. The van der Waals surface area contributed by atoms with E-state index >= 15 is 0 Å². The number of carbonyl (C=O) groups is 1. The molecule has 0 unspecified atom stereocenters. The van der Waals surface area contributed by atoms with Crippen molar-refractivity contribution in [3.8, 4) is 0 Å². The van der Waals surface area contributed by atoms with Crippen molar-refractivity contribution in [2.75, 3.05) is 26.2 Å². The molecule has 142 valence electrons. The smallest absolute Gasteiger partial charge is 0.269 e. The summed E-state index contributed by atoms with van der Waals surface area (Å²) in [5.74, 6) is -0.359. The molecule has 27 heavy (non-hydrogen) atoms. The molecule has 2 aromatic carbocycles. The molecule has 1 aliphatic heterocycles. The Labute approximate surface area is 157 Å². The third kappa shape index (κ3) is 4.14. The molecular weight excluding hydrogens is 349 g/mol. The number of benzene rings is 2. The number of amides is 1. The molecule has 1 atom stereocenters. The van der Waals surface area contributed by atoms with Gasteiger partial charge in [-0.3, -0.25) is 19.8 Å². The first-order valence-electron chi connectivity index (χ1n) is 8.90. The number of hydrogen-bond donors (Lipinski definition) is 0. The zero-order chi connectivity index (χ0) is 19.6. The first-order valence-corrected chi connectivity index (χ1v) is 8.90. The summed E-state index contributed by atoms with van der Waals surface area (Å²) >= 11 is 0. The van der Waals surface area contributed by atoms with Crippen molar-refractivity contribution in [1.82, 2.24) is 9.80 Å². The fourth-order valence-corrected chi connectivity index (χ4v) is 3.46. The Morgan fingerprint density at radius 1 is 1.15 bits per heavy atom. The van der Waals surface area contributed by atoms with Crippen molar-refractivity contribution >= 4 is 11.6 Å². The zero-order valence-corrected chi connectivity index (χ0v) is 15.4. The topological polar surface area (TPSA) is 66.7 Å². The van der Waals surface area contributed by atoms with Crippen molar-refractivity contribution in [3.63, 3.8) is 0 Å². The minimum atomic E-state index is -0.464. The van der Waals surface area contributed by atoms with Gasteiger partial charge in [-0.1, -0.05) is 12.1 Å². The summed E-state index contributed by atoms with van der Waals surface area (Å²) in [5, 5.41) is 10.9. The minimum absolute atomic E-state index is 0.0159. The second-order valence-corrected chi connectivity index (χ2v) is 6.82. The number of aryl methyl sites for hydroxylation is 1. The van der Waals surface area contributed by atoms with Crippen LogP contribution in [0.25, 0.3) is 0 Å². The molecule has 0 bridgehead atoms. The lowest BCUT2D eigenvalue weighted by Crippen LogP contribution is -2.49. The van der Waals surface area contributed by atoms with E-state index in [1.54, 1.807) is 24.0 Å². The van der Waals surface area contributed by atoms with Crippen LogP contribution in [0.2, 0.25) is 0 Å². The van der Waals surface area contributed by atoms with Gasteiger partial charge in [0.25, 0.3) is 11.6 Å². The van der Waals surface area contributed by atoms with E-state index in [1.165, 1.54) is 24.3 Å². The lowest BCUT2D eigenvalue weighted by molar-refractivity contribution is -0.384. The maximum Gasteiger partial charge on any atom is 0.269 e. The average Bonchev–Trinajstić information content (AvgIpc) is 2.67. The van der Waals surface area contributed by atoms with Crippen LogP contribution in [0.3, 0.4) is 0 Å². The van der Waals surface area contributed by atoms with E-state index in [4.69, 9.17) is 0 Å². The number of carbonyl (C=O) groups excluding carboxylic acids is 1. The van der Waals surface area contributed by atoms with Gasteiger partial charge in [-0.2, -0.15) is 0 Å². The largest absolute Gasteiger partial charge is 0.336 e. The van der Waals surface area contributed by atoms with Crippen molar-refractivity contribution in [2.24, 2.45) is 0 Å². The molecule has 1 fully saturated rings. The molecule has 7 heteroatoms. The average molecular weight is 371 g/mol. The molecule has 0 N–H and O–H groups in total. The van der Waals surface area contributed by atoms with Crippen LogP contribution in [0.15, 0.2) is 42.5 Å². The molecule has 1 heterocycles. The second-order valence-electron chi connectivity index (χ2n) is 6.82. The van der Waals surface area contributed by atoms with E-state index in [0.717, 1.165) is 5.56 Å². The Kier molecular flexibility index (Phi) is 5.51. The summed E-state index contributed by atoms with van der Waals surface area (Å²) in [4.78, 5) is 27.2. The standard InChI is InChI=1S/C20H22FN3O3/c1-14-12-18(24(26)27)6-7-19(14)20(25)23-10-8-22(9-11-23)15(2)16-4-3-5-17(21)13-16/h3-7,12-13,15H,8-11H2,1-2H3/t15-/m1/s1. The molecule has 0 spiro atoms. The normalized spacial score (nSPS) is 16.2. The molecule has 3 rings (SSSR count). The summed E-state index contributed by atoms with van der Waals surface area (Å²) in [6, 6.07) is 11.0. The Bertz CT molecular complexity index is 863. The first kappa shape index (κ1) is 19.0. The van der Waals surface area contributed by atoms with Gasteiger partial charge in [0.1, 0.15) is 5.82 Å². The summed E-state index contributed by atoms with van der Waals surface area (Å²) in [5.41, 5.74) is 2.00. The lowest BCUT2D eigenvalue weighted by Gasteiger charge is -2.38. The zero-order valence-electron chi connectivity index (χ0n) is 15.4. The quantitative estimate of drug-likeness (QED) is 0.609. The molecule has 0 saturated carbocycles. The van der Waals surface area contributed by atoms with Gasteiger partial charge in [-0.25, -0.2) is 4.39 Å². The fraction of sp³-hybridized carbons (Fsp3) is 0.350. The number of nitrogens with zero attached hydrogens (tertiary/aromatic N) is 3. The maximum atomic E-state index is 13.5. The second kappa shape index (κ2) is 7.84. The molecule has 0 aromatic heterocycles. The van der Waals surface area contributed by atoms with Gasteiger partial charge >= 0.3 is 0 Å². The van der Waals surface area contributed by atoms with E-state index in [-0.39, 0.29) is 23.5 Å². The van der Waals surface area contributed by atoms with Gasteiger partial charge in [0, 0.05) is 49.9 Å². The summed E-state index contributed by atoms with van der Waals surface area (Å²) in [6.45, 7) is 6.25.